The topological polar surface area (TPSA) is 115 Å². The fourth-order valence-electron chi connectivity index (χ4n) is 2.30. The molecular formula is C18H19N7O2. The van der Waals surface area contributed by atoms with Gasteiger partial charge in [0.25, 0.3) is 11.8 Å². The highest BCUT2D eigenvalue weighted by Crippen LogP contribution is 2.06. The molecule has 3 rings (SSSR count). The minimum Gasteiger partial charge on any atom is -0.349 e. The fourth-order valence-corrected chi connectivity index (χ4v) is 2.30. The lowest BCUT2D eigenvalue weighted by molar-refractivity contribution is 0.0936. The molecule has 0 radical (unpaired) electrons. The van der Waals surface area contributed by atoms with Crippen LogP contribution < -0.4 is 10.6 Å². The van der Waals surface area contributed by atoms with Crippen molar-refractivity contribution in [2.45, 2.75) is 26.4 Å². The van der Waals surface area contributed by atoms with Gasteiger partial charge in [0.2, 0.25) is 0 Å². The molecule has 3 heterocycles. The number of nitrogens with one attached hydrogen (secondary N) is 2. The Balaban J connectivity index is 1.63. The van der Waals surface area contributed by atoms with E-state index in [1.54, 1.807) is 47.7 Å². The molecule has 0 aliphatic heterocycles. The summed E-state index contributed by atoms with van der Waals surface area (Å²) < 4.78 is 1.62. The Labute approximate surface area is 155 Å². The average molecular weight is 365 g/mol. The zero-order valence-corrected chi connectivity index (χ0v) is 15.0. The largest absolute Gasteiger partial charge is 0.349 e. The summed E-state index contributed by atoms with van der Waals surface area (Å²) in [5.74, 6) is -0.684. The van der Waals surface area contributed by atoms with Crippen molar-refractivity contribution in [3.63, 3.8) is 0 Å². The molecule has 0 fully saturated rings. The van der Waals surface area contributed by atoms with Crippen molar-refractivity contribution in [1.82, 2.24) is 35.4 Å². The lowest BCUT2D eigenvalue weighted by Gasteiger charge is -2.08. The molecule has 0 aromatic carbocycles. The first-order valence-corrected chi connectivity index (χ1v) is 8.38. The van der Waals surface area contributed by atoms with E-state index in [4.69, 9.17) is 0 Å². The first-order valence-electron chi connectivity index (χ1n) is 8.38. The van der Waals surface area contributed by atoms with Gasteiger partial charge >= 0.3 is 0 Å². The Kier molecular flexibility index (Phi) is 5.50. The second-order valence-corrected chi connectivity index (χ2v) is 6.11. The molecule has 0 unspecified atom stereocenters. The monoisotopic (exact) mass is 365 g/mol. The molecule has 27 heavy (non-hydrogen) atoms. The Bertz CT molecular complexity index is 938. The van der Waals surface area contributed by atoms with Crippen molar-refractivity contribution in [1.29, 1.82) is 0 Å². The van der Waals surface area contributed by atoms with Crippen LogP contribution in [-0.2, 0) is 6.54 Å². The normalized spacial score (nSPS) is 10.6. The minimum absolute atomic E-state index is 0.0108. The zero-order chi connectivity index (χ0) is 19.2. The van der Waals surface area contributed by atoms with E-state index in [1.807, 2.05) is 13.8 Å². The van der Waals surface area contributed by atoms with Gasteiger partial charge in [-0.05, 0) is 26.0 Å². The van der Waals surface area contributed by atoms with Crippen LogP contribution in [0.3, 0.4) is 0 Å². The van der Waals surface area contributed by atoms with Crippen LogP contribution in [0.15, 0.2) is 49.3 Å². The summed E-state index contributed by atoms with van der Waals surface area (Å²) >= 11 is 0. The summed E-state index contributed by atoms with van der Waals surface area (Å²) in [6, 6.07) is 4.75. The summed E-state index contributed by atoms with van der Waals surface area (Å²) in [6.07, 6.45) is 8.14. The maximum atomic E-state index is 12.3. The van der Waals surface area contributed by atoms with Gasteiger partial charge < -0.3 is 10.6 Å². The molecule has 9 heteroatoms. The van der Waals surface area contributed by atoms with E-state index in [-0.39, 0.29) is 35.8 Å². The minimum atomic E-state index is -0.370. The van der Waals surface area contributed by atoms with Crippen LogP contribution in [-0.4, -0.2) is 42.6 Å². The highest BCUT2D eigenvalue weighted by atomic mass is 16.2. The third-order valence-corrected chi connectivity index (χ3v) is 3.53. The highest BCUT2D eigenvalue weighted by molar-refractivity contribution is 5.96. The summed E-state index contributed by atoms with van der Waals surface area (Å²) in [4.78, 5) is 36.4. The molecule has 2 N–H and O–H groups in total. The second-order valence-electron chi connectivity index (χ2n) is 6.11. The van der Waals surface area contributed by atoms with Crippen LogP contribution in [0.25, 0.3) is 5.69 Å². The molecule has 2 amide bonds. The van der Waals surface area contributed by atoms with Gasteiger partial charge in [-0.2, -0.15) is 5.10 Å². The third kappa shape index (κ3) is 4.72. The van der Waals surface area contributed by atoms with Crippen LogP contribution >= 0.6 is 0 Å². The molecule has 9 nitrogen and oxygen atoms in total. The molecule has 0 bridgehead atoms. The van der Waals surface area contributed by atoms with Crippen LogP contribution in [0.5, 0.6) is 0 Å². The zero-order valence-electron chi connectivity index (χ0n) is 15.0. The predicted molar refractivity (Wildman–Crippen MR) is 97.2 cm³/mol. The van der Waals surface area contributed by atoms with E-state index in [9.17, 15) is 9.59 Å². The number of aromatic nitrogens is 5. The fraction of sp³-hybridized carbons (Fsp3) is 0.222. The summed E-state index contributed by atoms with van der Waals surface area (Å²) in [6.45, 7) is 3.99. The van der Waals surface area contributed by atoms with Gasteiger partial charge in [0.15, 0.2) is 0 Å². The number of carbonyl (C=O) groups is 2. The van der Waals surface area contributed by atoms with Crippen molar-refractivity contribution in [3.8, 4) is 5.69 Å². The van der Waals surface area contributed by atoms with Crippen LogP contribution in [0.4, 0.5) is 0 Å². The Morgan fingerprint density at radius 3 is 2.48 bits per heavy atom. The number of hydrogen-bond acceptors (Lipinski definition) is 6. The molecular weight excluding hydrogens is 346 g/mol. The first-order chi connectivity index (χ1) is 13.0. The van der Waals surface area contributed by atoms with Crippen LogP contribution in [0.1, 0.15) is 40.4 Å². The van der Waals surface area contributed by atoms with E-state index in [0.29, 0.717) is 0 Å². The first kappa shape index (κ1) is 18.2. The molecule has 0 spiro atoms. The van der Waals surface area contributed by atoms with Gasteiger partial charge in [-0.3, -0.25) is 9.59 Å². The smallest absolute Gasteiger partial charge is 0.270 e. The van der Waals surface area contributed by atoms with Gasteiger partial charge in [0, 0.05) is 24.3 Å². The molecule has 0 saturated heterocycles. The van der Waals surface area contributed by atoms with Crippen molar-refractivity contribution >= 4 is 11.8 Å². The maximum absolute atomic E-state index is 12.3. The van der Waals surface area contributed by atoms with Crippen molar-refractivity contribution in [3.05, 3.63) is 66.3 Å². The van der Waals surface area contributed by atoms with Crippen molar-refractivity contribution in [2.75, 3.05) is 0 Å². The number of rotatable bonds is 6. The molecule has 0 aliphatic carbocycles. The van der Waals surface area contributed by atoms with Crippen molar-refractivity contribution in [2.24, 2.45) is 0 Å². The molecule has 0 atom stereocenters. The number of hydrogen-bond donors (Lipinski definition) is 2. The van der Waals surface area contributed by atoms with E-state index in [1.165, 1.54) is 6.33 Å². The van der Waals surface area contributed by atoms with E-state index >= 15 is 0 Å². The average Bonchev–Trinajstić information content (AvgIpc) is 3.15. The quantitative estimate of drug-likeness (QED) is 0.677. The number of pyridine rings is 1. The van der Waals surface area contributed by atoms with E-state index in [0.717, 1.165) is 11.3 Å². The molecule has 3 aromatic rings. The van der Waals surface area contributed by atoms with Gasteiger partial charge in [0.1, 0.15) is 23.4 Å². The molecule has 3 aromatic heterocycles. The number of carbonyl (C=O) groups excluding carboxylic acids is 2. The third-order valence-electron chi connectivity index (χ3n) is 3.53. The lowest BCUT2D eigenvalue weighted by Crippen LogP contribution is -2.31. The standard InChI is InChI=1S/C18H19N7O2/c1-12(2)23-18(27)16-5-3-4-15(24-16)17(26)21-6-13-7-22-25(10-13)14-8-19-11-20-9-14/h3-5,7-12H,6H2,1-2H3,(H,21,26)(H,23,27). The molecule has 138 valence electrons. The summed E-state index contributed by atoms with van der Waals surface area (Å²) in [5.41, 5.74) is 1.91. The van der Waals surface area contributed by atoms with E-state index in [2.05, 4.69) is 30.7 Å². The lowest BCUT2D eigenvalue weighted by atomic mass is 10.2. The molecule has 0 saturated carbocycles. The Morgan fingerprint density at radius 2 is 1.78 bits per heavy atom. The van der Waals surface area contributed by atoms with Gasteiger partial charge in [-0.25, -0.2) is 19.6 Å². The van der Waals surface area contributed by atoms with Gasteiger partial charge in [-0.1, -0.05) is 6.07 Å². The SMILES string of the molecule is CC(C)NC(=O)c1cccc(C(=O)NCc2cnn(-c3cncnc3)c2)n1. The molecule has 0 aliphatic rings. The summed E-state index contributed by atoms with van der Waals surface area (Å²) in [5, 5.41) is 9.74. The predicted octanol–water partition coefficient (Wildman–Crippen LogP) is 1.13. The Morgan fingerprint density at radius 1 is 1.07 bits per heavy atom. The maximum Gasteiger partial charge on any atom is 0.270 e. The van der Waals surface area contributed by atoms with Crippen LogP contribution in [0.2, 0.25) is 0 Å². The number of amides is 2. The highest BCUT2D eigenvalue weighted by Gasteiger charge is 2.13. The van der Waals surface area contributed by atoms with Crippen LogP contribution in [0, 0.1) is 0 Å². The van der Waals surface area contributed by atoms with E-state index < -0.39 is 0 Å². The summed E-state index contributed by atoms with van der Waals surface area (Å²) in [7, 11) is 0. The van der Waals surface area contributed by atoms with Gasteiger partial charge in [0.05, 0.1) is 18.6 Å². The van der Waals surface area contributed by atoms with Crippen molar-refractivity contribution < 1.29 is 9.59 Å². The second kappa shape index (κ2) is 8.17. The Hall–Kier alpha value is -3.62. The number of nitrogens with zero attached hydrogens (tertiary/aromatic N) is 5. The van der Waals surface area contributed by atoms with Gasteiger partial charge in [-0.15, -0.1) is 0 Å².